The van der Waals surface area contributed by atoms with Crippen molar-refractivity contribution >= 4 is 33.5 Å². The fourth-order valence-electron chi connectivity index (χ4n) is 4.13. The number of thioether (sulfide) groups is 1. The zero-order valence-corrected chi connectivity index (χ0v) is 22.9. The maximum Gasteiger partial charge on any atom is 0.243 e. The third-order valence-electron chi connectivity index (χ3n) is 6.38. The van der Waals surface area contributed by atoms with Gasteiger partial charge in [0.05, 0.1) is 10.6 Å². The molecule has 1 aromatic heterocycles. The van der Waals surface area contributed by atoms with Crippen LogP contribution in [0.1, 0.15) is 47.1 Å². The van der Waals surface area contributed by atoms with Crippen LogP contribution in [0, 0.1) is 13.8 Å². The summed E-state index contributed by atoms with van der Waals surface area (Å²) in [6, 6.07) is 12.2. The van der Waals surface area contributed by atoms with E-state index in [0.717, 1.165) is 29.7 Å². The molecule has 2 heterocycles. The molecule has 0 atom stereocenters. The maximum absolute atomic E-state index is 12.9. The van der Waals surface area contributed by atoms with Gasteiger partial charge in [-0.15, -0.1) is 10.2 Å². The van der Waals surface area contributed by atoms with Gasteiger partial charge in [0.25, 0.3) is 0 Å². The summed E-state index contributed by atoms with van der Waals surface area (Å²) >= 11 is 1.27. The lowest BCUT2D eigenvalue weighted by molar-refractivity contribution is -0.118. The van der Waals surface area contributed by atoms with Gasteiger partial charge in [-0.1, -0.05) is 30.0 Å². The molecule has 11 heteroatoms. The van der Waals surface area contributed by atoms with E-state index >= 15 is 0 Å². The van der Waals surface area contributed by atoms with Gasteiger partial charge in [0.15, 0.2) is 10.9 Å². The van der Waals surface area contributed by atoms with Crippen LogP contribution in [0.3, 0.4) is 0 Å². The Morgan fingerprint density at radius 2 is 1.70 bits per heavy atom. The topological polar surface area (TPSA) is 114 Å². The number of aromatic nitrogens is 3. The molecule has 1 amide bonds. The van der Waals surface area contributed by atoms with E-state index in [1.807, 2.05) is 36.6 Å². The van der Waals surface area contributed by atoms with Crippen molar-refractivity contribution < 1.29 is 18.0 Å². The normalized spacial score (nSPS) is 14.1. The highest BCUT2D eigenvalue weighted by Gasteiger charge is 2.27. The molecule has 37 heavy (non-hydrogen) atoms. The van der Waals surface area contributed by atoms with E-state index in [4.69, 9.17) is 0 Å². The second-order valence-electron chi connectivity index (χ2n) is 9.08. The first-order chi connectivity index (χ1) is 17.7. The molecule has 4 rings (SSSR count). The number of hydrogen-bond acceptors (Lipinski definition) is 7. The van der Waals surface area contributed by atoms with Gasteiger partial charge in [0, 0.05) is 44.2 Å². The Kier molecular flexibility index (Phi) is 8.46. The van der Waals surface area contributed by atoms with E-state index in [0.29, 0.717) is 42.6 Å². The predicted molar refractivity (Wildman–Crippen MR) is 143 cm³/mol. The van der Waals surface area contributed by atoms with Gasteiger partial charge in [-0.25, -0.2) is 8.42 Å². The molecule has 1 saturated heterocycles. The van der Waals surface area contributed by atoms with Crippen molar-refractivity contribution in [2.75, 3.05) is 25.4 Å². The largest absolute Gasteiger partial charge is 0.356 e. The minimum Gasteiger partial charge on any atom is -0.356 e. The lowest BCUT2D eigenvalue weighted by atomic mass is 10.1. The number of aryl methyl sites for hydroxylation is 2. The fourth-order valence-corrected chi connectivity index (χ4v) is 6.52. The Balaban J connectivity index is 1.50. The quantitative estimate of drug-likeness (QED) is 0.309. The molecule has 9 nitrogen and oxygen atoms in total. The smallest absolute Gasteiger partial charge is 0.243 e. The summed E-state index contributed by atoms with van der Waals surface area (Å²) in [5.74, 6) is 0.553. The monoisotopic (exact) mass is 541 g/mol. The van der Waals surface area contributed by atoms with Gasteiger partial charge < -0.3 is 5.32 Å². The minimum absolute atomic E-state index is 0.114. The second-order valence-corrected chi connectivity index (χ2v) is 12.0. The summed E-state index contributed by atoms with van der Waals surface area (Å²) in [5.41, 5.74) is 3.61. The number of ketones is 1. The predicted octanol–water partition coefficient (Wildman–Crippen LogP) is 3.32. The van der Waals surface area contributed by atoms with Crippen LogP contribution >= 0.6 is 11.8 Å². The van der Waals surface area contributed by atoms with Crippen LogP contribution in [0.25, 0.3) is 5.69 Å². The molecule has 0 unspecified atom stereocenters. The molecule has 0 spiro atoms. The number of sulfonamides is 1. The van der Waals surface area contributed by atoms with Crippen LogP contribution in [0.15, 0.2) is 52.5 Å². The number of carbonyl (C=O) groups excluding carboxylic acids is 2. The lowest BCUT2D eigenvalue weighted by Crippen LogP contribution is -2.27. The first kappa shape index (κ1) is 27.0. The number of benzene rings is 2. The van der Waals surface area contributed by atoms with Gasteiger partial charge in [0.2, 0.25) is 15.9 Å². The van der Waals surface area contributed by atoms with E-state index in [-0.39, 0.29) is 22.3 Å². The number of carbonyl (C=O) groups is 2. The summed E-state index contributed by atoms with van der Waals surface area (Å²) in [5, 5.41) is 12.0. The third kappa shape index (κ3) is 6.28. The van der Waals surface area contributed by atoms with E-state index in [2.05, 4.69) is 15.5 Å². The van der Waals surface area contributed by atoms with Crippen molar-refractivity contribution in [2.45, 2.75) is 50.1 Å². The maximum atomic E-state index is 12.9. The average molecular weight is 542 g/mol. The molecule has 1 aliphatic rings. The molecule has 1 N–H and O–H groups in total. The number of amides is 1. The fraction of sp³-hybridized carbons (Fsp3) is 0.385. The number of Topliss-reactive ketones (excluding diaryl/α,β-unsaturated/α-hetero) is 1. The van der Waals surface area contributed by atoms with Crippen molar-refractivity contribution in [1.82, 2.24) is 24.4 Å². The average Bonchev–Trinajstić information content (AvgIpc) is 3.55. The molecule has 196 valence electrons. The Hall–Kier alpha value is -3.02. The van der Waals surface area contributed by atoms with Crippen molar-refractivity contribution in [3.05, 3.63) is 65.0 Å². The van der Waals surface area contributed by atoms with Crippen molar-refractivity contribution in [2.24, 2.45) is 0 Å². The summed E-state index contributed by atoms with van der Waals surface area (Å²) in [6.45, 7) is 7.04. The van der Waals surface area contributed by atoms with E-state index in [9.17, 15) is 18.0 Å². The van der Waals surface area contributed by atoms with E-state index in [1.165, 1.54) is 35.1 Å². The first-order valence-electron chi connectivity index (χ1n) is 12.2. The zero-order valence-electron chi connectivity index (χ0n) is 21.2. The number of rotatable bonds is 10. The molecule has 1 aliphatic heterocycles. The van der Waals surface area contributed by atoms with Gasteiger partial charge in [-0.2, -0.15) is 4.31 Å². The highest BCUT2D eigenvalue weighted by molar-refractivity contribution is 7.99. The highest BCUT2D eigenvalue weighted by Crippen LogP contribution is 2.26. The molecule has 2 aromatic carbocycles. The zero-order chi connectivity index (χ0) is 26.6. The van der Waals surface area contributed by atoms with Gasteiger partial charge in [0.1, 0.15) is 5.82 Å². The van der Waals surface area contributed by atoms with Crippen LogP contribution < -0.4 is 5.32 Å². The Morgan fingerprint density at radius 1 is 1.00 bits per heavy atom. The summed E-state index contributed by atoms with van der Waals surface area (Å²) in [6.07, 6.45) is 2.23. The summed E-state index contributed by atoms with van der Waals surface area (Å²) in [7, 11) is -3.52. The summed E-state index contributed by atoms with van der Waals surface area (Å²) in [4.78, 5) is 24.5. The molecule has 0 radical (unpaired) electrons. The van der Waals surface area contributed by atoms with Crippen molar-refractivity contribution in [3.8, 4) is 5.69 Å². The van der Waals surface area contributed by atoms with Crippen LogP contribution in [-0.4, -0.2) is 64.6 Å². The van der Waals surface area contributed by atoms with Gasteiger partial charge in [-0.3, -0.25) is 14.2 Å². The third-order valence-corrected chi connectivity index (χ3v) is 9.22. The van der Waals surface area contributed by atoms with Crippen molar-refractivity contribution in [1.29, 1.82) is 0 Å². The lowest BCUT2D eigenvalue weighted by Gasteiger charge is -2.15. The Morgan fingerprint density at radius 3 is 2.35 bits per heavy atom. The van der Waals surface area contributed by atoms with E-state index in [1.54, 1.807) is 12.1 Å². The highest BCUT2D eigenvalue weighted by atomic mass is 32.2. The molecular formula is C26H31N5O4S2. The van der Waals surface area contributed by atoms with Crippen LogP contribution in [0.2, 0.25) is 0 Å². The first-order valence-corrected chi connectivity index (χ1v) is 14.6. The Labute approximate surface area is 221 Å². The molecule has 0 aliphatic carbocycles. The number of nitrogens with zero attached hydrogens (tertiary/aromatic N) is 4. The molecule has 1 fully saturated rings. The standard InChI is InChI=1S/C26H31N5O4S2/c1-18-6-9-22(16-19(18)2)31-25(12-13-27-20(3)32)28-29-26(31)36-17-24(33)21-7-10-23(11-8-21)37(34,35)30-14-4-5-15-30/h6-11,16H,4-5,12-15,17H2,1-3H3,(H,27,32). The van der Waals surface area contributed by atoms with Crippen LogP contribution in [-0.2, 0) is 21.2 Å². The molecule has 0 bridgehead atoms. The van der Waals surface area contributed by atoms with Gasteiger partial charge >= 0.3 is 0 Å². The SMILES string of the molecule is CC(=O)NCCc1nnc(SCC(=O)c2ccc(S(=O)(=O)N3CCCC3)cc2)n1-c1ccc(C)c(C)c1. The van der Waals surface area contributed by atoms with Crippen LogP contribution in [0.4, 0.5) is 0 Å². The van der Waals surface area contributed by atoms with Gasteiger partial charge in [-0.05, 0) is 62.1 Å². The minimum atomic E-state index is -3.52. The summed E-state index contributed by atoms with van der Waals surface area (Å²) < 4.78 is 28.9. The molecular weight excluding hydrogens is 510 g/mol. The number of nitrogens with one attached hydrogen (secondary N) is 1. The van der Waals surface area contributed by atoms with E-state index < -0.39 is 10.0 Å². The Bertz CT molecular complexity index is 1390. The molecule has 3 aromatic rings. The second kappa shape index (κ2) is 11.6. The van der Waals surface area contributed by atoms with Crippen LogP contribution in [0.5, 0.6) is 0 Å². The number of hydrogen-bond donors (Lipinski definition) is 1. The van der Waals surface area contributed by atoms with Crippen molar-refractivity contribution in [3.63, 3.8) is 0 Å². The molecule has 0 saturated carbocycles.